The number of amides is 1. The molecule has 0 saturated heterocycles. The van der Waals surface area contributed by atoms with E-state index < -0.39 is 11.8 Å². The van der Waals surface area contributed by atoms with Crippen LogP contribution >= 0.6 is 0 Å². The van der Waals surface area contributed by atoms with Crippen LogP contribution in [0.25, 0.3) is 0 Å². The lowest BCUT2D eigenvalue weighted by molar-refractivity contribution is -0.131. The maximum absolute atomic E-state index is 13.7. The van der Waals surface area contributed by atoms with Gasteiger partial charge in [-0.3, -0.25) is 4.79 Å². The lowest BCUT2D eigenvalue weighted by atomic mass is 10.0. The van der Waals surface area contributed by atoms with Crippen molar-refractivity contribution in [2.45, 2.75) is 124 Å². The van der Waals surface area contributed by atoms with Crippen LogP contribution in [0.4, 0.5) is 0 Å². The molecule has 5 heteroatoms. The molecule has 2 aliphatic carbocycles. The van der Waals surface area contributed by atoms with Crippen molar-refractivity contribution in [3.05, 3.63) is 88.0 Å². The highest BCUT2D eigenvalue weighted by molar-refractivity contribution is 5.93. The molecule has 3 aliphatic rings. The zero-order chi connectivity index (χ0) is 32.9. The van der Waals surface area contributed by atoms with Gasteiger partial charge in [-0.25, -0.2) is 4.79 Å². The Labute approximate surface area is 277 Å². The molecule has 2 aromatic rings. The summed E-state index contributed by atoms with van der Waals surface area (Å²) in [6, 6.07) is 14.2. The van der Waals surface area contributed by atoms with Crippen LogP contribution in [0.15, 0.2) is 65.8 Å². The average Bonchev–Trinajstić information content (AvgIpc) is 3.48. The Morgan fingerprint density at radius 2 is 1.65 bits per heavy atom. The van der Waals surface area contributed by atoms with Gasteiger partial charge in [0, 0.05) is 44.5 Å². The third-order valence-corrected chi connectivity index (χ3v) is 8.92. The van der Waals surface area contributed by atoms with E-state index in [0.29, 0.717) is 36.7 Å². The number of benzene rings is 2. The maximum Gasteiger partial charge on any atom is 0.345 e. The molecule has 1 amide bonds. The van der Waals surface area contributed by atoms with Crippen molar-refractivity contribution in [1.82, 2.24) is 4.90 Å². The molecule has 5 nitrogen and oxygen atoms in total. The Morgan fingerprint density at radius 3 is 2.39 bits per heavy atom. The summed E-state index contributed by atoms with van der Waals surface area (Å²) >= 11 is 0. The zero-order valence-electron chi connectivity index (χ0n) is 28.8. The lowest BCUT2D eigenvalue weighted by Gasteiger charge is -2.32. The predicted molar refractivity (Wildman–Crippen MR) is 186 cm³/mol. The largest absolute Gasteiger partial charge is 0.452 e. The summed E-state index contributed by atoms with van der Waals surface area (Å²) in [7, 11) is 0. The van der Waals surface area contributed by atoms with Crippen LogP contribution in [0.3, 0.4) is 0 Å². The Balaban J connectivity index is 0.00000235. The molecule has 0 radical (unpaired) electrons. The van der Waals surface area contributed by atoms with E-state index in [0.717, 1.165) is 48.8 Å². The predicted octanol–water partition coefficient (Wildman–Crippen LogP) is 9.73. The van der Waals surface area contributed by atoms with Crippen LogP contribution in [-0.4, -0.2) is 29.1 Å². The van der Waals surface area contributed by atoms with E-state index in [4.69, 9.17) is 9.47 Å². The summed E-state index contributed by atoms with van der Waals surface area (Å²) in [6.07, 6.45) is 17.3. The van der Waals surface area contributed by atoms with E-state index in [2.05, 4.69) is 55.2 Å². The van der Waals surface area contributed by atoms with Crippen LogP contribution in [-0.2, 0) is 22.5 Å². The van der Waals surface area contributed by atoms with E-state index in [1.54, 1.807) is 13.8 Å². The molecule has 1 heterocycles. The number of hydrogen-bond acceptors (Lipinski definition) is 4. The molecule has 0 N–H and O–H groups in total. The number of allylic oxidation sites excluding steroid dienone is 3. The van der Waals surface area contributed by atoms with Gasteiger partial charge in [0.25, 0.3) is 0 Å². The summed E-state index contributed by atoms with van der Waals surface area (Å²) in [6.45, 7) is 10.7. The molecule has 1 aliphatic heterocycles. The number of rotatable bonds is 10. The van der Waals surface area contributed by atoms with Gasteiger partial charge in [-0.15, -0.1) is 0 Å². The SMILES string of the molecule is CC.CCCCc1ccc(C#CC2=CC=C(CN(Cc3ccc4c(c3)C(=O)OC(C)(C)O4)C(=O)CCC3CCCC3)CCC2)cc1. The highest BCUT2D eigenvalue weighted by atomic mass is 16.7. The van der Waals surface area contributed by atoms with Gasteiger partial charge in [0.05, 0.1) is 0 Å². The molecule has 0 spiro atoms. The van der Waals surface area contributed by atoms with Crippen molar-refractivity contribution in [2.75, 3.05) is 6.54 Å². The van der Waals surface area contributed by atoms with Crippen molar-refractivity contribution >= 4 is 11.9 Å². The summed E-state index contributed by atoms with van der Waals surface area (Å²) < 4.78 is 11.3. The van der Waals surface area contributed by atoms with Crippen molar-refractivity contribution in [3.8, 4) is 17.6 Å². The summed E-state index contributed by atoms with van der Waals surface area (Å²) in [4.78, 5) is 28.3. The van der Waals surface area contributed by atoms with Gasteiger partial charge < -0.3 is 14.4 Å². The van der Waals surface area contributed by atoms with Gasteiger partial charge in [-0.1, -0.05) is 101 Å². The van der Waals surface area contributed by atoms with Crippen molar-refractivity contribution in [2.24, 2.45) is 5.92 Å². The minimum atomic E-state index is -0.991. The molecular weight excluding hydrogens is 570 g/mol. The number of aryl methyl sites for hydroxylation is 1. The number of hydrogen-bond donors (Lipinski definition) is 0. The van der Waals surface area contributed by atoms with Gasteiger partial charge in [0.1, 0.15) is 11.3 Å². The third kappa shape index (κ3) is 10.4. The summed E-state index contributed by atoms with van der Waals surface area (Å²) in [5, 5.41) is 0. The first-order valence-corrected chi connectivity index (χ1v) is 17.6. The van der Waals surface area contributed by atoms with Gasteiger partial charge in [-0.2, -0.15) is 0 Å². The van der Waals surface area contributed by atoms with Gasteiger partial charge in [0.15, 0.2) is 0 Å². The number of fused-ring (bicyclic) bond motifs is 1. The first-order chi connectivity index (χ1) is 22.3. The van der Waals surface area contributed by atoms with E-state index in [9.17, 15) is 9.59 Å². The molecule has 0 bridgehead atoms. The van der Waals surface area contributed by atoms with E-state index in [1.807, 2.05) is 36.9 Å². The van der Waals surface area contributed by atoms with Crippen LogP contribution in [0, 0.1) is 17.8 Å². The smallest absolute Gasteiger partial charge is 0.345 e. The Hall–Kier alpha value is -3.78. The number of unbranched alkanes of at least 4 members (excludes halogenated alkanes) is 1. The number of carbonyl (C=O) groups excluding carboxylic acids is 2. The fourth-order valence-corrected chi connectivity index (χ4v) is 6.39. The highest BCUT2D eigenvalue weighted by Gasteiger charge is 2.34. The Morgan fingerprint density at radius 1 is 0.913 bits per heavy atom. The third-order valence-electron chi connectivity index (χ3n) is 8.92. The number of ether oxygens (including phenoxy) is 2. The van der Waals surface area contributed by atoms with Gasteiger partial charge in [0.2, 0.25) is 11.7 Å². The van der Waals surface area contributed by atoms with Crippen molar-refractivity contribution in [1.29, 1.82) is 0 Å². The molecule has 1 saturated carbocycles. The second kappa shape index (κ2) is 17.2. The molecule has 2 aromatic carbocycles. The quantitative estimate of drug-likeness (QED) is 0.195. The standard InChI is InChI=1S/C39H47NO4.C2H6/c1-4-5-9-30-14-17-32(18-15-30)19-16-31-12-8-13-33(21-20-31)27-40(37(41)25-23-29-10-6-7-11-29)28-34-22-24-36-35(26-34)38(42)44-39(2,3)43-36;1-2/h14-15,17-18,20-22,24,26,29H,4-13,23,25,27-28H2,1-3H3;1-2H3. The topological polar surface area (TPSA) is 55.8 Å². The molecule has 0 unspecified atom stereocenters. The first-order valence-electron chi connectivity index (χ1n) is 17.6. The van der Waals surface area contributed by atoms with Gasteiger partial charge >= 0.3 is 5.97 Å². The van der Waals surface area contributed by atoms with Crippen LogP contribution in [0.1, 0.15) is 132 Å². The van der Waals surface area contributed by atoms with Crippen molar-refractivity contribution < 1.29 is 19.1 Å². The Bertz CT molecular complexity index is 1450. The molecule has 0 atom stereocenters. The second-order valence-corrected chi connectivity index (χ2v) is 13.1. The van der Waals surface area contributed by atoms with E-state index in [1.165, 1.54) is 49.7 Å². The number of cyclic esters (lactones) is 1. The molecular formula is C41H53NO4. The monoisotopic (exact) mass is 623 g/mol. The molecule has 46 heavy (non-hydrogen) atoms. The second-order valence-electron chi connectivity index (χ2n) is 13.1. The zero-order valence-corrected chi connectivity index (χ0v) is 28.8. The lowest BCUT2D eigenvalue weighted by Crippen LogP contribution is -2.39. The number of esters is 1. The van der Waals surface area contributed by atoms with E-state index in [-0.39, 0.29) is 5.91 Å². The highest BCUT2D eigenvalue weighted by Crippen LogP contribution is 2.33. The Kier molecular flexibility index (Phi) is 13.1. The summed E-state index contributed by atoms with van der Waals surface area (Å²) in [5.74, 6) is 6.72. The molecule has 0 aromatic heterocycles. The maximum atomic E-state index is 13.7. The number of nitrogens with zero attached hydrogens (tertiary/aromatic N) is 1. The average molecular weight is 624 g/mol. The van der Waals surface area contributed by atoms with Crippen LogP contribution in [0.5, 0.6) is 5.75 Å². The van der Waals surface area contributed by atoms with Crippen LogP contribution in [0.2, 0.25) is 0 Å². The minimum Gasteiger partial charge on any atom is -0.452 e. The van der Waals surface area contributed by atoms with Gasteiger partial charge in [-0.05, 0) is 79.8 Å². The van der Waals surface area contributed by atoms with Crippen LogP contribution < -0.4 is 4.74 Å². The summed E-state index contributed by atoms with van der Waals surface area (Å²) in [5.41, 5.74) is 6.09. The molecule has 5 rings (SSSR count). The normalized spacial score (nSPS) is 17.0. The minimum absolute atomic E-state index is 0.172. The fourth-order valence-electron chi connectivity index (χ4n) is 6.39. The molecule has 1 fully saturated rings. The first kappa shape index (κ1) is 35.1. The molecule has 246 valence electrons. The van der Waals surface area contributed by atoms with Crippen molar-refractivity contribution in [3.63, 3.8) is 0 Å². The fraction of sp³-hybridized carbons (Fsp3) is 0.512. The number of carbonyl (C=O) groups is 2. The van der Waals surface area contributed by atoms with E-state index >= 15 is 0 Å².